The van der Waals surface area contributed by atoms with Crippen molar-refractivity contribution in [2.75, 3.05) is 6.61 Å². The molecule has 0 spiro atoms. The van der Waals surface area contributed by atoms with Gasteiger partial charge in [0.25, 0.3) is 0 Å². The molecule has 1 aliphatic rings. The van der Waals surface area contributed by atoms with Gasteiger partial charge < -0.3 is 30.9 Å². The Bertz CT molecular complexity index is 1130. The monoisotopic (exact) mass is 511 g/mol. The first-order chi connectivity index (χ1) is 17.4. The van der Waals surface area contributed by atoms with Crippen molar-refractivity contribution in [2.45, 2.75) is 63.8 Å². The smallest absolute Gasteiger partial charge is 0.407 e. The highest BCUT2D eigenvalue weighted by atomic mass is 16.6. The second kappa shape index (κ2) is 11.4. The molecule has 0 saturated heterocycles. The maximum atomic E-state index is 12.9. The van der Waals surface area contributed by atoms with E-state index in [0.717, 1.165) is 22.3 Å². The van der Waals surface area contributed by atoms with Gasteiger partial charge in [-0.3, -0.25) is 9.59 Å². The summed E-state index contributed by atoms with van der Waals surface area (Å²) >= 11 is 0. The van der Waals surface area contributed by atoms with E-state index in [0.29, 0.717) is 0 Å². The number of carbonyl (C=O) groups is 4. The zero-order valence-corrected chi connectivity index (χ0v) is 21.3. The van der Waals surface area contributed by atoms with E-state index in [2.05, 4.69) is 10.6 Å². The first kappa shape index (κ1) is 27.7. The summed E-state index contributed by atoms with van der Waals surface area (Å²) in [6.07, 6.45) is -2.78. The number of aliphatic hydroxyl groups excluding tert-OH is 1. The number of aliphatic hydroxyl groups is 1. The average molecular weight is 512 g/mol. The van der Waals surface area contributed by atoms with Crippen LogP contribution in [0.25, 0.3) is 11.1 Å². The Balaban J connectivity index is 1.68. The number of carbonyl (C=O) groups excluding carboxylic acids is 4. The second-order valence-electron chi connectivity index (χ2n) is 9.95. The molecular formula is C27H33N3O7. The van der Waals surface area contributed by atoms with Crippen molar-refractivity contribution < 1.29 is 33.8 Å². The molecule has 0 saturated carbocycles. The van der Waals surface area contributed by atoms with E-state index in [1.807, 2.05) is 48.5 Å². The summed E-state index contributed by atoms with van der Waals surface area (Å²) < 4.78 is 10.7. The SMILES string of the molecule is C[C@@H](O)[C@@H](NC(=O)[C@H](CC(N)=O)NC(=O)OCC1c2ccccc2-c2ccccc21)C(=O)OC(C)(C)C. The van der Waals surface area contributed by atoms with E-state index in [9.17, 15) is 24.3 Å². The molecule has 37 heavy (non-hydrogen) atoms. The van der Waals surface area contributed by atoms with Gasteiger partial charge in [-0.15, -0.1) is 0 Å². The number of hydrogen-bond donors (Lipinski definition) is 4. The fourth-order valence-corrected chi connectivity index (χ4v) is 4.19. The van der Waals surface area contributed by atoms with Crippen LogP contribution in [0.3, 0.4) is 0 Å². The lowest BCUT2D eigenvalue weighted by Crippen LogP contribution is -2.56. The van der Waals surface area contributed by atoms with Gasteiger partial charge in [0.15, 0.2) is 6.04 Å². The number of rotatable bonds is 9. The molecule has 2 aromatic carbocycles. The molecule has 1 aliphatic carbocycles. The zero-order valence-electron chi connectivity index (χ0n) is 21.3. The molecule has 3 amide bonds. The lowest BCUT2D eigenvalue weighted by atomic mass is 9.98. The summed E-state index contributed by atoms with van der Waals surface area (Å²) in [5.41, 5.74) is 8.56. The largest absolute Gasteiger partial charge is 0.458 e. The first-order valence-corrected chi connectivity index (χ1v) is 12.0. The predicted octanol–water partition coefficient (Wildman–Crippen LogP) is 1.98. The third-order valence-corrected chi connectivity index (χ3v) is 5.80. The summed E-state index contributed by atoms with van der Waals surface area (Å²) in [6.45, 7) is 6.22. The Morgan fingerprint density at radius 2 is 1.51 bits per heavy atom. The van der Waals surface area contributed by atoms with E-state index in [1.165, 1.54) is 6.92 Å². The van der Waals surface area contributed by atoms with Crippen LogP contribution in [0.4, 0.5) is 4.79 Å². The molecule has 5 N–H and O–H groups in total. The molecule has 0 heterocycles. The lowest BCUT2D eigenvalue weighted by Gasteiger charge is -2.27. The number of amides is 3. The first-order valence-electron chi connectivity index (χ1n) is 12.0. The van der Waals surface area contributed by atoms with E-state index in [4.69, 9.17) is 15.2 Å². The molecule has 10 nitrogen and oxygen atoms in total. The van der Waals surface area contributed by atoms with Crippen LogP contribution in [-0.2, 0) is 23.9 Å². The Kier molecular flexibility index (Phi) is 8.54. The van der Waals surface area contributed by atoms with Crippen LogP contribution in [0.2, 0.25) is 0 Å². The van der Waals surface area contributed by atoms with Gasteiger partial charge >= 0.3 is 12.1 Å². The summed E-state index contributed by atoms with van der Waals surface area (Å²) in [7, 11) is 0. The third-order valence-electron chi connectivity index (χ3n) is 5.80. The minimum atomic E-state index is -1.43. The molecule has 0 aliphatic heterocycles. The van der Waals surface area contributed by atoms with Crippen molar-refractivity contribution in [1.29, 1.82) is 0 Å². The maximum Gasteiger partial charge on any atom is 0.407 e. The molecule has 0 unspecified atom stereocenters. The van der Waals surface area contributed by atoms with E-state index < -0.39 is 54.1 Å². The molecule has 198 valence electrons. The van der Waals surface area contributed by atoms with Gasteiger partial charge in [0, 0.05) is 5.92 Å². The number of hydrogen-bond acceptors (Lipinski definition) is 7. The van der Waals surface area contributed by atoms with Gasteiger partial charge in [0.05, 0.1) is 12.5 Å². The number of fused-ring (bicyclic) bond motifs is 3. The average Bonchev–Trinajstić information content (AvgIpc) is 3.12. The van der Waals surface area contributed by atoms with Crippen LogP contribution < -0.4 is 16.4 Å². The van der Waals surface area contributed by atoms with E-state index in [1.54, 1.807) is 20.8 Å². The fourth-order valence-electron chi connectivity index (χ4n) is 4.19. The second-order valence-corrected chi connectivity index (χ2v) is 9.95. The highest BCUT2D eigenvalue weighted by molar-refractivity contribution is 5.93. The molecule has 2 aromatic rings. The van der Waals surface area contributed by atoms with Crippen molar-refractivity contribution in [3.63, 3.8) is 0 Å². The fraction of sp³-hybridized carbons (Fsp3) is 0.407. The highest BCUT2D eigenvalue weighted by Gasteiger charge is 2.34. The number of primary amides is 1. The van der Waals surface area contributed by atoms with Gasteiger partial charge in [0.1, 0.15) is 18.2 Å². The Hall–Kier alpha value is -3.92. The third kappa shape index (κ3) is 7.07. The van der Waals surface area contributed by atoms with Crippen molar-refractivity contribution in [3.05, 3.63) is 59.7 Å². The van der Waals surface area contributed by atoms with Gasteiger partial charge in [-0.2, -0.15) is 0 Å². The van der Waals surface area contributed by atoms with Gasteiger partial charge in [-0.25, -0.2) is 9.59 Å². The normalized spacial score (nSPS) is 14.9. The minimum absolute atomic E-state index is 0.00101. The van der Waals surface area contributed by atoms with Crippen molar-refractivity contribution in [1.82, 2.24) is 10.6 Å². The van der Waals surface area contributed by atoms with Crippen LogP contribution in [0.15, 0.2) is 48.5 Å². The topological polar surface area (TPSA) is 157 Å². The summed E-state index contributed by atoms with van der Waals surface area (Å²) in [6, 6.07) is 12.8. The molecule has 3 atom stereocenters. The number of nitrogens with one attached hydrogen (secondary N) is 2. The molecule has 3 rings (SSSR count). The maximum absolute atomic E-state index is 12.9. The van der Waals surface area contributed by atoms with Crippen molar-refractivity contribution in [2.24, 2.45) is 5.73 Å². The number of esters is 1. The van der Waals surface area contributed by atoms with Crippen LogP contribution in [-0.4, -0.2) is 59.4 Å². The standard InChI is InChI=1S/C27H33N3O7/c1-15(31)23(25(34)37-27(2,3)4)30-24(33)21(13-22(28)32)29-26(35)36-14-20-18-11-7-5-9-16(18)17-10-6-8-12-19(17)20/h5-12,15,20-21,23,31H,13-14H2,1-4H3,(H2,28,32)(H,29,35)(H,30,33)/t15-,21+,23-/m1/s1. The van der Waals surface area contributed by atoms with Crippen LogP contribution in [0.5, 0.6) is 0 Å². The minimum Gasteiger partial charge on any atom is -0.458 e. The van der Waals surface area contributed by atoms with E-state index >= 15 is 0 Å². The number of alkyl carbamates (subject to hydrolysis) is 1. The molecule has 0 fully saturated rings. The molecule has 0 bridgehead atoms. The van der Waals surface area contributed by atoms with Gasteiger partial charge in [-0.1, -0.05) is 48.5 Å². The predicted molar refractivity (Wildman–Crippen MR) is 135 cm³/mol. The Morgan fingerprint density at radius 1 is 0.973 bits per heavy atom. The van der Waals surface area contributed by atoms with Crippen LogP contribution >= 0.6 is 0 Å². The summed E-state index contributed by atoms with van der Waals surface area (Å²) in [4.78, 5) is 49.6. The van der Waals surface area contributed by atoms with Crippen LogP contribution in [0, 0.1) is 0 Å². The Labute approximate surface area is 215 Å². The Morgan fingerprint density at radius 3 is 2.00 bits per heavy atom. The molecule has 0 radical (unpaired) electrons. The highest BCUT2D eigenvalue weighted by Crippen LogP contribution is 2.44. The summed E-state index contributed by atoms with van der Waals surface area (Å²) in [5.74, 6) is -2.82. The van der Waals surface area contributed by atoms with Crippen LogP contribution in [0.1, 0.15) is 51.2 Å². The van der Waals surface area contributed by atoms with Gasteiger partial charge in [0.2, 0.25) is 11.8 Å². The van der Waals surface area contributed by atoms with Gasteiger partial charge in [-0.05, 0) is 49.9 Å². The summed E-state index contributed by atoms with van der Waals surface area (Å²) in [5, 5.41) is 14.7. The quantitative estimate of drug-likeness (QED) is 0.375. The number of benzene rings is 2. The number of nitrogens with two attached hydrogens (primary N) is 1. The lowest BCUT2D eigenvalue weighted by molar-refractivity contribution is -0.161. The number of ether oxygens (including phenoxy) is 2. The zero-order chi connectivity index (χ0) is 27.3. The molecule has 0 aromatic heterocycles. The molecule has 10 heteroatoms. The van der Waals surface area contributed by atoms with E-state index in [-0.39, 0.29) is 12.5 Å². The van der Waals surface area contributed by atoms with Crippen molar-refractivity contribution >= 4 is 23.9 Å². The van der Waals surface area contributed by atoms with Crippen molar-refractivity contribution in [3.8, 4) is 11.1 Å². The molecular weight excluding hydrogens is 478 g/mol.